The van der Waals surface area contributed by atoms with Gasteiger partial charge in [0.1, 0.15) is 19.1 Å². The average Bonchev–Trinajstić information content (AvgIpc) is 3.13. The molecule has 1 saturated carbocycles. The minimum atomic E-state index is -2.27. The van der Waals surface area contributed by atoms with Crippen molar-refractivity contribution in [2.24, 2.45) is 0 Å². The molecule has 7 heteroatoms. The summed E-state index contributed by atoms with van der Waals surface area (Å²) in [6.07, 6.45) is 5.06. The smallest absolute Gasteiger partial charge is 0.258 e. The molecule has 1 aliphatic rings. The van der Waals surface area contributed by atoms with E-state index in [0.717, 1.165) is 29.6 Å². The van der Waals surface area contributed by atoms with Crippen LogP contribution in [0.5, 0.6) is 0 Å². The zero-order valence-electron chi connectivity index (χ0n) is 13.6. The summed E-state index contributed by atoms with van der Waals surface area (Å²) < 4.78 is 22.9. The molecule has 3 aromatic rings. The first-order valence-corrected chi connectivity index (χ1v) is 10.6. The van der Waals surface area contributed by atoms with E-state index < -0.39 is 7.14 Å². The Hall–Kier alpha value is -2.20. The molecule has 4 rings (SSSR count). The van der Waals surface area contributed by atoms with Gasteiger partial charge < -0.3 is 13.5 Å². The number of nitrogens with zero attached hydrogens (tertiary/aromatic N) is 3. The van der Waals surface area contributed by atoms with Crippen LogP contribution in [0, 0.1) is 0 Å². The lowest BCUT2D eigenvalue weighted by Gasteiger charge is -2.21. The van der Waals surface area contributed by atoms with Gasteiger partial charge in [-0.2, -0.15) is 4.98 Å². The maximum absolute atomic E-state index is 12.1. The highest BCUT2D eigenvalue weighted by Gasteiger charge is 2.25. The zero-order chi connectivity index (χ0) is 16.7. The molecular formula is C17H18N3O3P. The standard InChI is InChI=1S/C17H18N3O3P/c1-24(2,21)13-8-6-12(7-9-13)17-19-15(20-23-17)14-10-22-16(18-14)11-4-3-5-11/h6-11H,3-5H2,1-2H3. The molecule has 0 unspecified atom stereocenters. The SMILES string of the molecule is CP(C)(=O)c1ccc(-c2nc(-c3coc(C4CCC4)n3)no2)cc1. The Labute approximate surface area is 139 Å². The van der Waals surface area contributed by atoms with Gasteiger partial charge in [-0.3, -0.25) is 0 Å². The molecule has 0 radical (unpaired) electrons. The summed E-state index contributed by atoms with van der Waals surface area (Å²) in [5.74, 6) is 2.01. The lowest BCUT2D eigenvalue weighted by Crippen LogP contribution is -2.08. The fourth-order valence-corrected chi connectivity index (χ4v) is 3.51. The second kappa shape index (κ2) is 5.71. The maximum atomic E-state index is 12.1. The van der Waals surface area contributed by atoms with Crippen LogP contribution < -0.4 is 5.30 Å². The third-order valence-electron chi connectivity index (χ3n) is 4.37. The van der Waals surface area contributed by atoms with Gasteiger partial charge in [0.25, 0.3) is 5.89 Å². The number of hydrogen-bond acceptors (Lipinski definition) is 6. The normalized spacial score (nSPS) is 15.4. The number of rotatable bonds is 4. The van der Waals surface area contributed by atoms with Gasteiger partial charge in [0, 0.05) is 16.8 Å². The summed E-state index contributed by atoms with van der Waals surface area (Å²) in [4.78, 5) is 8.86. The van der Waals surface area contributed by atoms with Gasteiger partial charge in [-0.05, 0) is 38.3 Å². The van der Waals surface area contributed by atoms with Crippen molar-refractivity contribution >= 4 is 12.4 Å². The highest BCUT2D eigenvalue weighted by molar-refractivity contribution is 7.70. The first-order valence-electron chi connectivity index (χ1n) is 7.96. The molecule has 2 aromatic heterocycles. The van der Waals surface area contributed by atoms with Crippen molar-refractivity contribution in [3.63, 3.8) is 0 Å². The number of oxazole rings is 1. The van der Waals surface area contributed by atoms with Gasteiger partial charge in [-0.15, -0.1) is 0 Å². The maximum Gasteiger partial charge on any atom is 0.258 e. The molecule has 0 aliphatic heterocycles. The van der Waals surface area contributed by atoms with E-state index in [1.807, 2.05) is 24.3 Å². The van der Waals surface area contributed by atoms with E-state index in [2.05, 4.69) is 15.1 Å². The van der Waals surface area contributed by atoms with E-state index in [1.165, 1.54) is 6.42 Å². The van der Waals surface area contributed by atoms with Crippen LogP contribution in [-0.2, 0) is 4.57 Å². The Kier molecular flexibility index (Phi) is 3.65. The lowest BCUT2D eigenvalue weighted by molar-refractivity contribution is 0.335. The van der Waals surface area contributed by atoms with Crippen LogP contribution in [0.25, 0.3) is 23.0 Å². The van der Waals surface area contributed by atoms with Crippen LogP contribution in [0.15, 0.2) is 39.5 Å². The molecular weight excluding hydrogens is 325 g/mol. The van der Waals surface area contributed by atoms with E-state index in [0.29, 0.717) is 23.3 Å². The summed E-state index contributed by atoms with van der Waals surface area (Å²) in [5.41, 5.74) is 1.38. The van der Waals surface area contributed by atoms with E-state index >= 15 is 0 Å². The van der Waals surface area contributed by atoms with Crippen LogP contribution in [-0.4, -0.2) is 28.5 Å². The van der Waals surface area contributed by atoms with Crippen LogP contribution >= 0.6 is 7.14 Å². The van der Waals surface area contributed by atoms with Crippen LogP contribution in [0.2, 0.25) is 0 Å². The molecule has 24 heavy (non-hydrogen) atoms. The predicted molar refractivity (Wildman–Crippen MR) is 90.9 cm³/mol. The van der Waals surface area contributed by atoms with Crippen molar-refractivity contribution in [3.8, 4) is 23.0 Å². The minimum Gasteiger partial charge on any atom is -0.448 e. The van der Waals surface area contributed by atoms with Crippen molar-refractivity contribution < 1.29 is 13.5 Å². The largest absolute Gasteiger partial charge is 0.448 e. The Bertz CT molecular complexity index is 903. The molecule has 1 aliphatic carbocycles. The molecule has 124 valence electrons. The van der Waals surface area contributed by atoms with Crippen LogP contribution in [0.1, 0.15) is 31.1 Å². The fraction of sp³-hybridized carbons (Fsp3) is 0.353. The Morgan fingerprint density at radius 3 is 2.50 bits per heavy atom. The minimum absolute atomic E-state index is 0.409. The van der Waals surface area contributed by atoms with Crippen molar-refractivity contribution in [1.29, 1.82) is 0 Å². The summed E-state index contributed by atoms with van der Waals surface area (Å²) in [7, 11) is -2.27. The molecule has 0 atom stereocenters. The number of benzene rings is 1. The molecule has 0 saturated heterocycles. The van der Waals surface area contributed by atoms with E-state index in [9.17, 15) is 4.57 Å². The average molecular weight is 343 g/mol. The zero-order valence-corrected chi connectivity index (χ0v) is 14.5. The first-order chi connectivity index (χ1) is 11.5. The van der Waals surface area contributed by atoms with Gasteiger partial charge in [0.2, 0.25) is 5.82 Å². The van der Waals surface area contributed by atoms with Crippen LogP contribution in [0.4, 0.5) is 0 Å². The predicted octanol–water partition coefficient (Wildman–Crippen LogP) is 3.91. The number of hydrogen-bond donors (Lipinski definition) is 0. The first kappa shape index (κ1) is 15.3. The summed E-state index contributed by atoms with van der Waals surface area (Å²) in [6.45, 7) is 3.49. The topological polar surface area (TPSA) is 82.0 Å². The van der Waals surface area contributed by atoms with Crippen molar-refractivity contribution in [1.82, 2.24) is 15.1 Å². The highest BCUT2D eigenvalue weighted by Crippen LogP contribution is 2.37. The molecule has 1 aromatic carbocycles. The molecule has 0 spiro atoms. The Balaban J connectivity index is 1.58. The Morgan fingerprint density at radius 1 is 1.12 bits per heavy atom. The van der Waals surface area contributed by atoms with Gasteiger partial charge in [0.05, 0.1) is 0 Å². The summed E-state index contributed by atoms with van der Waals surface area (Å²) >= 11 is 0. The Morgan fingerprint density at radius 2 is 1.88 bits per heavy atom. The summed E-state index contributed by atoms with van der Waals surface area (Å²) in [5, 5.41) is 4.81. The van der Waals surface area contributed by atoms with Crippen molar-refractivity contribution in [2.45, 2.75) is 25.2 Å². The highest BCUT2D eigenvalue weighted by atomic mass is 31.2. The van der Waals surface area contributed by atoms with Crippen LogP contribution in [0.3, 0.4) is 0 Å². The van der Waals surface area contributed by atoms with Crippen molar-refractivity contribution in [3.05, 3.63) is 36.4 Å². The summed E-state index contributed by atoms with van der Waals surface area (Å²) in [6, 6.07) is 7.36. The molecule has 0 amide bonds. The third-order valence-corrected chi connectivity index (χ3v) is 5.91. The van der Waals surface area contributed by atoms with Gasteiger partial charge in [-0.25, -0.2) is 4.98 Å². The molecule has 1 fully saturated rings. The third kappa shape index (κ3) is 2.82. The lowest BCUT2D eigenvalue weighted by atomic mass is 9.85. The van der Waals surface area contributed by atoms with Gasteiger partial charge in [-0.1, -0.05) is 23.7 Å². The van der Waals surface area contributed by atoms with E-state index in [4.69, 9.17) is 8.94 Å². The second-order valence-electron chi connectivity index (χ2n) is 6.52. The van der Waals surface area contributed by atoms with Gasteiger partial charge >= 0.3 is 0 Å². The van der Waals surface area contributed by atoms with Gasteiger partial charge in [0.15, 0.2) is 5.89 Å². The molecule has 0 N–H and O–H groups in total. The molecule has 6 nitrogen and oxygen atoms in total. The monoisotopic (exact) mass is 343 g/mol. The second-order valence-corrected chi connectivity index (χ2v) is 9.74. The van der Waals surface area contributed by atoms with Crippen molar-refractivity contribution in [2.75, 3.05) is 13.3 Å². The fourth-order valence-electron chi connectivity index (χ4n) is 2.64. The quantitative estimate of drug-likeness (QED) is 0.668. The number of aromatic nitrogens is 3. The molecule has 0 bridgehead atoms. The molecule has 2 heterocycles. The van der Waals surface area contributed by atoms with E-state index in [-0.39, 0.29) is 0 Å². The van der Waals surface area contributed by atoms with E-state index in [1.54, 1.807) is 19.6 Å².